The number of benzene rings is 1. The Morgan fingerprint density at radius 2 is 2.29 bits per heavy atom. The van der Waals surface area contributed by atoms with Gasteiger partial charge in [0.05, 0.1) is 22.4 Å². The number of rotatable bonds is 6. The normalized spacial score (nSPS) is 10.1. The average Bonchev–Trinajstić information content (AvgIpc) is 2.31. The largest absolute Gasteiger partial charge is 0.383 e. The van der Waals surface area contributed by atoms with Crippen LogP contribution in [0.1, 0.15) is 0 Å². The quantitative estimate of drug-likeness (QED) is 0.604. The molecule has 0 aliphatic carbocycles. The van der Waals surface area contributed by atoms with Crippen LogP contribution in [0.15, 0.2) is 18.2 Å². The summed E-state index contributed by atoms with van der Waals surface area (Å²) in [4.78, 5) is 11.4. The molecule has 0 heterocycles. The van der Waals surface area contributed by atoms with Crippen molar-refractivity contribution in [3.63, 3.8) is 0 Å². The lowest BCUT2D eigenvalue weighted by Gasteiger charge is -2.09. The molecule has 0 aliphatic rings. The molecule has 1 amide bonds. The molecule has 94 valence electrons. The highest BCUT2D eigenvalue weighted by Crippen LogP contribution is 2.20. The number of methoxy groups -OCH3 is 1. The number of nitrogens with one attached hydrogen (secondary N) is 2. The third-order valence-corrected chi connectivity index (χ3v) is 3.12. The van der Waals surface area contributed by atoms with Crippen LogP contribution in [0, 0.1) is 9.39 Å². The van der Waals surface area contributed by atoms with Crippen molar-refractivity contribution < 1.29 is 13.9 Å². The number of ether oxygens (including phenoxy) is 1. The van der Waals surface area contributed by atoms with Crippen LogP contribution in [0.2, 0.25) is 0 Å². The molecule has 0 unspecified atom stereocenters. The van der Waals surface area contributed by atoms with E-state index >= 15 is 0 Å². The van der Waals surface area contributed by atoms with Gasteiger partial charge in [0.15, 0.2) is 0 Å². The van der Waals surface area contributed by atoms with Gasteiger partial charge >= 0.3 is 0 Å². The van der Waals surface area contributed by atoms with Gasteiger partial charge in [0.1, 0.15) is 5.82 Å². The smallest absolute Gasteiger partial charge is 0.239 e. The number of carbonyl (C=O) groups excluding carboxylic acids is 1. The molecule has 17 heavy (non-hydrogen) atoms. The maximum absolute atomic E-state index is 13.2. The van der Waals surface area contributed by atoms with Crippen molar-refractivity contribution in [1.82, 2.24) is 5.32 Å². The van der Waals surface area contributed by atoms with Crippen molar-refractivity contribution >= 4 is 34.2 Å². The third kappa shape index (κ3) is 4.86. The molecule has 0 spiro atoms. The number of carbonyl (C=O) groups is 1. The predicted octanol–water partition coefficient (Wildman–Crippen LogP) is 1.60. The fraction of sp³-hybridized carbons (Fsp3) is 0.364. The Labute approximate surface area is 113 Å². The summed E-state index contributed by atoms with van der Waals surface area (Å²) in [5, 5.41) is 5.55. The molecule has 0 saturated carbocycles. The molecule has 1 aromatic carbocycles. The molecule has 1 aromatic rings. The van der Waals surface area contributed by atoms with E-state index in [1.807, 2.05) is 22.6 Å². The molecule has 0 bridgehead atoms. The van der Waals surface area contributed by atoms with Gasteiger partial charge in [-0.2, -0.15) is 0 Å². The van der Waals surface area contributed by atoms with Gasteiger partial charge in [-0.15, -0.1) is 0 Å². The van der Waals surface area contributed by atoms with Gasteiger partial charge in [-0.3, -0.25) is 4.79 Å². The Kier molecular flexibility index (Phi) is 6.20. The van der Waals surface area contributed by atoms with E-state index < -0.39 is 0 Å². The fourth-order valence-electron chi connectivity index (χ4n) is 1.17. The van der Waals surface area contributed by atoms with Crippen LogP contribution in [0.3, 0.4) is 0 Å². The summed E-state index contributed by atoms with van der Waals surface area (Å²) in [5.41, 5.74) is 0.618. The van der Waals surface area contributed by atoms with Crippen molar-refractivity contribution in [3.8, 4) is 0 Å². The summed E-state index contributed by atoms with van der Waals surface area (Å²) < 4.78 is 18.5. The molecule has 0 atom stereocenters. The predicted molar refractivity (Wildman–Crippen MR) is 72.5 cm³/mol. The number of halogens is 2. The maximum Gasteiger partial charge on any atom is 0.239 e. The SMILES string of the molecule is COCCNC(=O)CNc1cccc(F)c1I. The molecule has 0 aliphatic heterocycles. The third-order valence-electron chi connectivity index (χ3n) is 2.02. The second-order valence-corrected chi connectivity index (χ2v) is 4.38. The Morgan fingerprint density at radius 1 is 1.53 bits per heavy atom. The molecular formula is C11H14FIN2O2. The first kappa shape index (κ1) is 14.2. The molecule has 1 rings (SSSR count). The molecule has 2 N–H and O–H groups in total. The minimum absolute atomic E-state index is 0.114. The summed E-state index contributed by atoms with van der Waals surface area (Å²) in [6.07, 6.45) is 0. The highest BCUT2D eigenvalue weighted by atomic mass is 127. The highest BCUT2D eigenvalue weighted by molar-refractivity contribution is 14.1. The van der Waals surface area contributed by atoms with Crippen molar-refractivity contribution in [2.75, 3.05) is 32.1 Å². The zero-order valence-electron chi connectivity index (χ0n) is 9.43. The first-order valence-electron chi connectivity index (χ1n) is 5.08. The van der Waals surface area contributed by atoms with E-state index in [4.69, 9.17) is 4.74 Å². The average molecular weight is 352 g/mol. The van der Waals surface area contributed by atoms with E-state index in [0.29, 0.717) is 22.4 Å². The van der Waals surface area contributed by atoms with Gasteiger partial charge < -0.3 is 15.4 Å². The fourth-order valence-corrected chi connectivity index (χ4v) is 1.72. The lowest BCUT2D eigenvalue weighted by Crippen LogP contribution is -2.32. The minimum Gasteiger partial charge on any atom is -0.383 e. The molecule has 0 fully saturated rings. The van der Waals surface area contributed by atoms with E-state index in [1.165, 1.54) is 6.07 Å². The summed E-state index contributed by atoms with van der Waals surface area (Å²) in [6.45, 7) is 1.06. The van der Waals surface area contributed by atoms with Crippen molar-refractivity contribution in [1.29, 1.82) is 0 Å². The highest BCUT2D eigenvalue weighted by Gasteiger charge is 2.06. The van der Waals surface area contributed by atoms with Gasteiger partial charge in [0, 0.05) is 13.7 Å². The number of amides is 1. The van der Waals surface area contributed by atoms with Crippen LogP contribution < -0.4 is 10.6 Å². The van der Waals surface area contributed by atoms with Gasteiger partial charge in [0.25, 0.3) is 0 Å². The molecule has 0 saturated heterocycles. The summed E-state index contributed by atoms with van der Waals surface area (Å²) >= 11 is 1.90. The van der Waals surface area contributed by atoms with E-state index in [1.54, 1.807) is 19.2 Å². The van der Waals surface area contributed by atoms with Gasteiger partial charge in [-0.25, -0.2) is 4.39 Å². The molecule has 0 aromatic heterocycles. The van der Waals surface area contributed by atoms with E-state index in [2.05, 4.69) is 10.6 Å². The number of anilines is 1. The number of hydrogen-bond donors (Lipinski definition) is 2. The standard InChI is InChI=1S/C11H14FIN2O2/c1-17-6-5-14-10(16)7-15-9-4-2-3-8(12)11(9)13/h2-4,15H,5-7H2,1H3,(H,14,16). The Morgan fingerprint density at radius 3 is 3.00 bits per heavy atom. The van der Waals surface area contributed by atoms with Gasteiger partial charge in [-0.05, 0) is 34.7 Å². The van der Waals surface area contributed by atoms with Gasteiger partial charge in [-0.1, -0.05) is 6.07 Å². The molecular weight excluding hydrogens is 338 g/mol. The van der Waals surface area contributed by atoms with Crippen molar-refractivity contribution in [2.24, 2.45) is 0 Å². The Bertz CT molecular complexity index is 388. The topological polar surface area (TPSA) is 50.4 Å². The first-order chi connectivity index (χ1) is 8.15. The summed E-state index contributed by atoms with van der Waals surface area (Å²) in [5.74, 6) is -0.447. The molecule has 6 heteroatoms. The zero-order valence-corrected chi connectivity index (χ0v) is 11.6. The van der Waals surface area contributed by atoms with Crippen LogP contribution in [0.25, 0.3) is 0 Å². The minimum atomic E-state index is -0.296. The van der Waals surface area contributed by atoms with Crippen LogP contribution in [-0.2, 0) is 9.53 Å². The van der Waals surface area contributed by atoms with Crippen LogP contribution >= 0.6 is 22.6 Å². The van der Waals surface area contributed by atoms with E-state index in [0.717, 1.165) is 0 Å². The van der Waals surface area contributed by atoms with E-state index in [-0.39, 0.29) is 18.3 Å². The summed E-state index contributed by atoms with van der Waals surface area (Å²) in [7, 11) is 1.57. The monoisotopic (exact) mass is 352 g/mol. The maximum atomic E-state index is 13.2. The summed E-state index contributed by atoms with van der Waals surface area (Å²) in [6, 6.07) is 4.71. The molecule has 4 nitrogen and oxygen atoms in total. The van der Waals surface area contributed by atoms with Crippen LogP contribution in [0.5, 0.6) is 0 Å². The Hall–Kier alpha value is -0.890. The first-order valence-corrected chi connectivity index (χ1v) is 6.16. The second kappa shape index (κ2) is 7.44. The Balaban J connectivity index is 2.39. The van der Waals surface area contributed by atoms with Crippen LogP contribution in [0.4, 0.5) is 10.1 Å². The second-order valence-electron chi connectivity index (χ2n) is 3.30. The van der Waals surface area contributed by atoms with Crippen LogP contribution in [-0.4, -0.2) is 32.7 Å². The zero-order chi connectivity index (χ0) is 12.7. The van der Waals surface area contributed by atoms with Crippen molar-refractivity contribution in [3.05, 3.63) is 27.6 Å². The van der Waals surface area contributed by atoms with Crippen molar-refractivity contribution in [2.45, 2.75) is 0 Å². The van der Waals surface area contributed by atoms with Gasteiger partial charge in [0.2, 0.25) is 5.91 Å². The lowest BCUT2D eigenvalue weighted by atomic mass is 10.3. The number of hydrogen-bond acceptors (Lipinski definition) is 3. The van der Waals surface area contributed by atoms with E-state index in [9.17, 15) is 9.18 Å². The lowest BCUT2D eigenvalue weighted by molar-refractivity contribution is -0.119. The molecule has 0 radical (unpaired) electrons.